The second-order valence-electron chi connectivity index (χ2n) is 7.22. The minimum atomic E-state index is -0.748. The number of carbonyl (C=O) groups is 4. The molecule has 1 aromatic carbocycles. The summed E-state index contributed by atoms with van der Waals surface area (Å²) in [4.78, 5) is 49.9. The summed E-state index contributed by atoms with van der Waals surface area (Å²) in [7, 11) is 0. The predicted octanol–water partition coefficient (Wildman–Crippen LogP) is 1.20. The van der Waals surface area contributed by atoms with E-state index in [0.29, 0.717) is 5.69 Å². The van der Waals surface area contributed by atoms with Gasteiger partial charge < -0.3 is 10.1 Å². The van der Waals surface area contributed by atoms with Gasteiger partial charge in [-0.3, -0.25) is 24.1 Å². The Kier molecular flexibility index (Phi) is 4.22. The molecule has 0 radical (unpaired) electrons. The Morgan fingerprint density at radius 2 is 1.65 bits per heavy atom. The maximum Gasteiger partial charge on any atom is 0.326 e. The SMILES string of the molecule is O=C(COC(=O)CN1C(=O)[C@@H]2[C@@H]3CC[C@@H](C3)[C@@H]2C1=O)Nc1ccccc1. The zero-order chi connectivity index (χ0) is 18.3. The summed E-state index contributed by atoms with van der Waals surface area (Å²) in [6.07, 6.45) is 2.93. The molecule has 7 heteroatoms. The summed E-state index contributed by atoms with van der Waals surface area (Å²) < 4.78 is 4.93. The van der Waals surface area contributed by atoms with Crippen LogP contribution < -0.4 is 5.32 Å². The quantitative estimate of drug-likeness (QED) is 0.632. The van der Waals surface area contributed by atoms with Crippen molar-refractivity contribution in [3.8, 4) is 0 Å². The van der Waals surface area contributed by atoms with Gasteiger partial charge in [-0.25, -0.2) is 0 Å². The third-order valence-electron chi connectivity index (χ3n) is 5.73. The molecule has 0 aromatic heterocycles. The van der Waals surface area contributed by atoms with Crippen LogP contribution in [-0.2, 0) is 23.9 Å². The first-order valence-corrected chi connectivity index (χ1v) is 8.90. The number of likely N-dealkylation sites (tertiary alicyclic amines) is 1. The van der Waals surface area contributed by atoms with Gasteiger partial charge in [0.1, 0.15) is 6.54 Å². The molecule has 2 bridgehead atoms. The van der Waals surface area contributed by atoms with Crippen LogP contribution >= 0.6 is 0 Å². The van der Waals surface area contributed by atoms with Gasteiger partial charge in [-0.2, -0.15) is 0 Å². The van der Waals surface area contributed by atoms with E-state index in [0.717, 1.165) is 24.2 Å². The molecule has 3 aliphatic rings. The molecule has 136 valence electrons. The smallest absolute Gasteiger partial charge is 0.326 e. The molecule has 4 rings (SSSR count). The number of carbonyl (C=O) groups excluding carboxylic acids is 4. The summed E-state index contributed by atoms with van der Waals surface area (Å²) >= 11 is 0. The normalized spacial score (nSPS) is 29.0. The Balaban J connectivity index is 1.29. The fourth-order valence-corrected chi connectivity index (χ4v) is 4.67. The van der Waals surface area contributed by atoms with E-state index in [4.69, 9.17) is 4.74 Å². The lowest BCUT2D eigenvalue weighted by atomic mass is 9.81. The van der Waals surface area contributed by atoms with Gasteiger partial charge in [0.05, 0.1) is 11.8 Å². The Morgan fingerprint density at radius 1 is 1.04 bits per heavy atom. The number of hydrogen-bond donors (Lipinski definition) is 1. The summed E-state index contributed by atoms with van der Waals surface area (Å²) in [6, 6.07) is 8.80. The van der Waals surface area contributed by atoms with Gasteiger partial charge in [0, 0.05) is 5.69 Å². The van der Waals surface area contributed by atoms with Crippen LogP contribution in [0.2, 0.25) is 0 Å². The van der Waals surface area contributed by atoms with E-state index < -0.39 is 25.0 Å². The minimum absolute atomic E-state index is 0.252. The van der Waals surface area contributed by atoms with E-state index in [1.807, 2.05) is 6.07 Å². The first-order valence-electron chi connectivity index (χ1n) is 8.90. The van der Waals surface area contributed by atoms with Gasteiger partial charge in [0.25, 0.3) is 5.91 Å². The molecule has 1 N–H and O–H groups in total. The van der Waals surface area contributed by atoms with Crippen molar-refractivity contribution in [3.05, 3.63) is 30.3 Å². The maximum absolute atomic E-state index is 12.5. The van der Waals surface area contributed by atoms with Gasteiger partial charge in [0.15, 0.2) is 6.61 Å². The first kappa shape index (κ1) is 16.8. The molecule has 1 heterocycles. The van der Waals surface area contributed by atoms with Gasteiger partial charge in [0.2, 0.25) is 11.8 Å². The van der Waals surface area contributed by atoms with Gasteiger partial charge in [-0.15, -0.1) is 0 Å². The van der Waals surface area contributed by atoms with E-state index in [2.05, 4.69) is 5.32 Å². The van der Waals surface area contributed by atoms with Crippen LogP contribution in [0.5, 0.6) is 0 Å². The van der Waals surface area contributed by atoms with Gasteiger partial charge in [-0.05, 0) is 43.2 Å². The number of nitrogens with one attached hydrogen (secondary N) is 1. The molecule has 1 aliphatic heterocycles. The lowest BCUT2D eigenvalue weighted by Crippen LogP contribution is -2.38. The van der Waals surface area contributed by atoms with Crippen LogP contribution in [0.3, 0.4) is 0 Å². The van der Waals surface area contributed by atoms with E-state index in [9.17, 15) is 19.2 Å². The zero-order valence-corrected chi connectivity index (χ0v) is 14.2. The molecule has 4 atom stereocenters. The van der Waals surface area contributed by atoms with Crippen LogP contribution in [0.15, 0.2) is 30.3 Å². The molecule has 7 nitrogen and oxygen atoms in total. The standard InChI is InChI=1S/C19H20N2O5/c22-14(20-13-4-2-1-3-5-13)10-26-15(23)9-21-18(24)16-11-6-7-12(8-11)17(16)19(21)25/h1-5,11-12,16-17H,6-10H2,(H,20,22)/t11-,12+,16-,17+. The molecule has 0 spiro atoms. The molecule has 1 aromatic rings. The molecule has 26 heavy (non-hydrogen) atoms. The van der Waals surface area contributed by atoms with Crippen LogP contribution in [0.1, 0.15) is 19.3 Å². The first-order chi connectivity index (χ1) is 12.5. The number of esters is 1. The Bertz CT molecular complexity index is 734. The average molecular weight is 356 g/mol. The van der Waals surface area contributed by atoms with Crippen molar-refractivity contribution in [2.45, 2.75) is 19.3 Å². The number of benzene rings is 1. The third-order valence-corrected chi connectivity index (χ3v) is 5.73. The molecule has 2 saturated carbocycles. The molecule has 3 fully saturated rings. The van der Waals surface area contributed by atoms with Crippen molar-refractivity contribution in [1.29, 1.82) is 0 Å². The van der Waals surface area contributed by atoms with E-state index in [1.165, 1.54) is 0 Å². The highest BCUT2D eigenvalue weighted by Crippen LogP contribution is 2.56. The van der Waals surface area contributed by atoms with Crippen LogP contribution in [-0.4, -0.2) is 41.7 Å². The summed E-state index contributed by atoms with van der Waals surface area (Å²) in [6.45, 7) is -0.870. The Morgan fingerprint density at radius 3 is 2.27 bits per heavy atom. The number of nitrogens with zero attached hydrogens (tertiary/aromatic N) is 1. The maximum atomic E-state index is 12.5. The summed E-state index contributed by atoms with van der Waals surface area (Å²) in [5.41, 5.74) is 0.599. The lowest BCUT2D eigenvalue weighted by Gasteiger charge is -2.19. The number of fused-ring (bicyclic) bond motifs is 5. The van der Waals surface area contributed by atoms with Crippen LogP contribution in [0.25, 0.3) is 0 Å². The van der Waals surface area contributed by atoms with Crippen molar-refractivity contribution in [3.63, 3.8) is 0 Å². The van der Waals surface area contributed by atoms with Crippen molar-refractivity contribution in [1.82, 2.24) is 4.90 Å². The predicted molar refractivity (Wildman–Crippen MR) is 90.6 cm³/mol. The minimum Gasteiger partial charge on any atom is -0.454 e. The molecule has 2 aliphatic carbocycles. The Hall–Kier alpha value is -2.70. The highest BCUT2D eigenvalue weighted by Gasteiger charge is 2.61. The summed E-state index contributed by atoms with van der Waals surface area (Å²) in [5.74, 6) is -1.68. The fourth-order valence-electron chi connectivity index (χ4n) is 4.67. The van der Waals surface area contributed by atoms with Crippen LogP contribution in [0.4, 0.5) is 5.69 Å². The van der Waals surface area contributed by atoms with Crippen molar-refractivity contribution in [2.24, 2.45) is 23.7 Å². The van der Waals surface area contributed by atoms with Crippen molar-refractivity contribution >= 4 is 29.4 Å². The van der Waals surface area contributed by atoms with E-state index in [1.54, 1.807) is 24.3 Å². The number of para-hydroxylation sites is 1. The lowest BCUT2D eigenvalue weighted by molar-refractivity contribution is -0.154. The molecular weight excluding hydrogens is 336 g/mol. The highest BCUT2D eigenvalue weighted by molar-refractivity contribution is 6.07. The monoisotopic (exact) mass is 356 g/mol. The largest absolute Gasteiger partial charge is 0.454 e. The number of rotatable bonds is 5. The van der Waals surface area contributed by atoms with E-state index in [-0.39, 0.29) is 35.5 Å². The second kappa shape index (κ2) is 6.55. The molecule has 3 amide bonds. The molecular formula is C19H20N2O5. The number of hydrogen-bond acceptors (Lipinski definition) is 5. The number of ether oxygens (including phenoxy) is 1. The third kappa shape index (κ3) is 2.87. The van der Waals surface area contributed by atoms with E-state index >= 15 is 0 Å². The zero-order valence-electron chi connectivity index (χ0n) is 14.2. The van der Waals surface area contributed by atoms with Gasteiger partial charge >= 0.3 is 5.97 Å². The van der Waals surface area contributed by atoms with Crippen molar-refractivity contribution < 1.29 is 23.9 Å². The van der Waals surface area contributed by atoms with Gasteiger partial charge in [-0.1, -0.05) is 18.2 Å². The summed E-state index contributed by atoms with van der Waals surface area (Å²) in [5, 5.41) is 2.60. The molecule has 0 unspecified atom stereocenters. The fraction of sp³-hybridized carbons (Fsp3) is 0.474. The number of anilines is 1. The highest BCUT2D eigenvalue weighted by atomic mass is 16.5. The van der Waals surface area contributed by atoms with Crippen molar-refractivity contribution in [2.75, 3.05) is 18.5 Å². The average Bonchev–Trinajstić information content (AvgIpc) is 3.31. The topological polar surface area (TPSA) is 92.8 Å². The molecule has 1 saturated heterocycles. The van der Waals surface area contributed by atoms with Crippen LogP contribution in [0, 0.1) is 23.7 Å². The Labute approximate surface area is 150 Å². The number of imide groups is 1. The number of amides is 3. The second-order valence-corrected chi connectivity index (χ2v) is 7.22.